The van der Waals surface area contributed by atoms with Crippen molar-refractivity contribution < 1.29 is 22.0 Å². The van der Waals surface area contributed by atoms with E-state index < -0.39 is 23.6 Å². The number of hydrogen-bond donors (Lipinski definition) is 1. The van der Waals surface area contributed by atoms with Crippen LogP contribution in [-0.4, -0.2) is 7.05 Å². The van der Waals surface area contributed by atoms with E-state index in [4.69, 9.17) is 4.42 Å². The van der Waals surface area contributed by atoms with E-state index in [1.807, 2.05) is 6.92 Å². The smallest absolute Gasteiger partial charge is 0.419 e. The second-order valence-corrected chi connectivity index (χ2v) is 4.43. The summed E-state index contributed by atoms with van der Waals surface area (Å²) < 4.78 is 56.5. The maximum Gasteiger partial charge on any atom is 0.419 e. The first-order valence-corrected chi connectivity index (χ1v) is 5.92. The highest BCUT2D eigenvalue weighted by Gasteiger charge is 2.34. The van der Waals surface area contributed by atoms with Gasteiger partial charge in [0.25, 0.3) is 0 Å². The van der Waals surface area contributed by atoms with Crippen LogP contribution in [0.4, 0.5) is 17.6 Å². The fraction of sp³-hybridized carbons (Fsp3) is 0.286. The number of nitrogens with one attached hydrogen (secondary N) is 1. The molecule has 0 spiro atoms. The summed E-state index contributed by atoms with van der Waals surface area (Å²) >= 11 is 0. The van der Waals surface area contributed by atoms with Crippen molar-refractivity contribution in [2.45, 2.75) is 19.1 Å². The first kappa shape index (κ1) is 14.6. The van der Waals surface area contributed by atoms with Crippen molar-refractivity contribution in [1.29, 1.82) is 0 Å². The van der Waals surface area contributed by atoms with Crippen molar-refractivity contribution in [3.05, 3.63) is 58.8 Å². The minimum atomic E-state index is -4.70. The van der Waals surface area contributed by atoms with Gasteiger partial charge >= 0.3 is 6.18 Å². The number of furan rings is 1. The van der Waals surface area contributed by atoms with Gasteiger partial charge in [-0.2, -0.15) is 13.2 Å². The topological polar surface area (TPSA) is 25.2 Å². The van der Waals surface area contributed by atoms with Crippen LogP contribution in [0.3, 0.4) is 0 Å². The van der Waals surface area contributed by atoms with E-state index in [2.05, 4.69) is 5.32 Å². The zero-order chi connectivity index (χ0) is 14.9. The molecular weight excluding hydrogens is 274 g/mol. The van der Waals surface area contributed by atoms with Gasteiger partial charge in [-0.05, 0) is 43.3 Å². The molecule has 20 heavy (non-hydrogen) atoms. The van der Waals surface area contributed by atoms with Crippen LogP contribution >= 0.6 is 0 Å². The van der Waals surface area contributed by atoms with Crippen molar-refractivity contribution in [2.75, 3.05) is 7.05 Å². The van der Waals surface area contributed by atoms with Gasteiger partial charge in [-0.15, -0.1) is 0 Å². The summed E-state index contributed by atoms with van der Waals surface area (Å²) in [6.45, 7) is 1.81. The summed E-state index contributed by atoms with van der Waals surface area (Å²) in [6.07, 6.45) is -3.21. The second-order valence-electron chi connectivity index (χ2n) is 4.43. The minimum Gasteiger partial charge on any atom is -0.467 e. The van der Waals surface area contributed by atoms with Gasteiger partial charge in [0.15, 0.2) is 0 Å². The van der Waals surface area contributed by atoms with Gasteiger partial charge in [0, 0.05) is 0 Å². The molecule has 0 aliphatic rings. The Bertz CT molecular complexity index is 603. The van der Waals surface area contributed by atoms with Gasteiger partial charge in [0.2, 0.25) is 0 Å². The van der Waals surface area contributed by atoms with Crippen LogP contribution in [-0.2, 0) is 6.18 Å². The molecule has 1 aromatic heterocycles. The highest BCUT2D eigenvalue weighted by atomic mass is 19.4. The molecule has 0 saturated heterocycles. The lowest BCUT2D eigenvalue weighted by Crippen LogP contribution is -2.19. The third-order valence-electron chi connectivity index (χ3n) is 3.08. The quantitative estimate of drug-likeness (QED) is 0.861. The lowest BCUT2D eigenvalue weighted by atomic mass is 10.0. The summed E-state index contributed by atoms with van der Waals surface area (Å²) in [5.41, 5.74) is -0.0621. The molecule has 0 fully saturated rings. The van der Waals surface area contributed by atoms with E-state index in [9.17, 15) is 17.6 Å². The fourth-order valence-electron chi connectivity index (χ4n) is 2.07. The van der Waals surface area contributed by atoms with E-state index in [1.165, 1.54) is 12.3 Å². The van der Waals surface area contributed by atoms with Gasteiger partial charge in [0.05, 0.1) is 17.9 Å². The van der Waals surface area contributed by atoms with E-state index in [-0.39, 0.29) is 0 Å². The fourth-order valence-corrected chi connectivity index (χ4v) is 2.07. The Labute approximate surface area is 113 Å². The van der Waals surface area contributed by atoms with Gasteiger partial charge in [0.1, 0.15) is 11.6 Å². The van der Waals surface area contributed by atoms with Crippen molar-refractivity contribution >= 4 is 0 Å². The first-order chi connectivity index (χ1) is 9.34. The summed E-state index contributed by atoms with van der Waals surface area (Å²) in [5.74, 6) is -0.744. The number of rotatable bonds is 3. The Balaban J connectivity index is 2.43. The largest absolute Gasteiger partial charge is 0.467 e. The monoisotopic (exact) mass is 287 g/mol. The van der Waals surface area contributed by atoms with E-state index in [0.29, 0.717) is 11.3 Å². The predicted octanol–water partition coefficient (Wildman–Crippen LogP) is 4.05. The summed E-state index contributed by atoms with van der Waals surface area (Å²) in [5, 5.41) is 2.91. The normalized spacial score (nSPS) is 13.5. The Morgan fingerprint density at radius 2 is 1.90 bits per heavy atom. The van der Waals surface area contributed by atoms with Crippen molar-refractivity contribution in [1.82, 2.24) is 5.32 Å². The lowest BCUT2D eigenvalue weighted by Gasteiger charge is -2.17. The number of alkyl halides is 3. The van der Waals surface area contributed by atoms with Gasteiger partial charge in [-0.3, -0.25) is 0 Å². The molecule has 1 aromatic carbocycles. The molecule has 1 heterocycles. The molecule has 0 aliphatic carbocycles. The van der Waals surface area contributed by atoms with Crippen LogP contribution in [0.25, 0.3) is 0 Å². The van der Waals surface area contributed by atoms with Crippen LogP contribution < -0.4 is 5.32 Å². The Hall–Kier alpha value is -1.82. The standard InChI is InChI=1S/C14H13F4NO/c1-8-5-6-20-13(8)12(19-2)9-3-4-10(11(15)7-9)14(16,17)18/h3-7,12,19H,1-2H3. The molecule has 1 unspecified atom stereocenters. The molecule has 0 amide bonds. The predicted molar refractivity (Wildman–Crippen MR) is 65.7 cm³/mol. The third kappa shape index (κ3) is 2.70. The zero-order valence-corrected chi connectivity index (χ0v) is 10.9. The number of halogens is 4. The van der Waals surface area contributed by atoms with Gasteiger partial charge in [-0.25, -0.2) is 4.39 Å². The maximum absolute atomic E-state index is 13.6. The molecule has 0 bridgehead atoms. The first-order valence-electron chi connectivity index (χ1n) is 5.92. The molecule has 2 nitrogen and oxygen atoms in total. The molecule has 2 rings (SSSR count). The van der Waals surface area contributed by atoms with Crippen molar-refractivity contribution in [2.24, 2.45) is 0 Å². The van der Waals surface area contributed by atoms with Gasteiger partial charge in [-0.1, -0.05) is 6.07 Å². The van der Waals surface area contributed by atoms with Crippen LogP contribution in [0.1, 0.15) is 28.5 Å². The number of aryl methyl sites for hydroxylation is 1. The molecular formula is C14H13F4NO. The van der Waals surface area contributed by atoms with Crippen LogP contribution in [0.5, 0.6) is 0 Å². The molecule has 0 aliphatic heterocycles. The molecule has 6 heteroatoms. The van der Waals surface area contributed by atoms with Crippen LogP contribution in [0.15, 0.2) is 34.9 Å². The molecule has 0 saturated carbocycles. The summed E-state index contributed by atoms with van der Waals surface area (Å²) in [7, 11) is 1.63. The zero-order valence-electron chi connectivity index (χ0n) is 10.9. The highest BCUT2D eigenvalue weighted by Crippen LogP contribution is 2.33. The Morgan fingerprint density at radius 3 is 2.35 bits per heavy atom. The van der Waals surface area contributed by atoms with Crippen LogP contribution in [0.2, 0.25) is 0 Å². The third-order valence-corrected chi connectivity index (χ3v) is 3.08. The van der Waals surface area contributed by atoms with E-state index in [0.717, 1.165) is 17.7 Å². The summed E-state index contributed by atoms with van der Waals surface area (Å²) in [6, 6.07) is 4.11. The molecule has 1 N–H and O–H groups in total. The van der Waals surface area contributed by atoms with Crippen molar-refractivity contribution in [3.8, 4) is 0 Å². The maximum atomic E-state index is 13.6. The molecule has 1 atom stereocenters. The van der Waals surface area contributed by atoms with Crippen LogP contribution in [0, 0.1) is 12.7 Å². The molecule has 2 aromatic rings. The number of hydrogen-bond acceptors (Lipinski definition) is 2. The second kappa shape index (κ2) is 5.28. The van der Waals surface area contributed by atoms with Gasteiger partial charge < -0.3 is 9.73 Å². The lowest BCUT2D eigenvalue weighted by molar-refractivity contribution is -0.140. The average molecular weight is 287 g/mol. The Morgan fingerprint density at radius 1 is 1.20 bits per heavy atom. The summed E-state index contributed by atoms with van der Waals surface area (Å²) in [4.78, 5) is 0. The highest BCUT2D eigenvalue weighted by molar-refractivity contribution is 5.34. The number of benzene rings is 1. The van der Waals surface area contributed by atoms with Crippen molar-refractivity contribution in [3.63, 3.8) is 0 Å². The minimum absolute atomic E-state index is 0.371. The van der Waals surface area contributed by atoms with E-state index >= 15 is 0 Å². The molecule has 0 radical (unpaired) electrons. The average Bonchev–Trinajstić information content (AvgIpc) is 2.75. The SMILES string of the molecule is CNC(c1ccc(C(F)(F)F)c(F)c1)c1occc1C. The Kier molecular flexibility index (Phi) is 3.85. The van der Waals surface area contributed by atoms with E-state index in [1.54, 1.807) is 13.1 Å². The molecule has 108 valence electrons.